The summed E-state index contributed by atoms with van der Waals surface area (Å²) in [7, 11) is 0. The lowest BCUT2D eigenvalue weighted by Crippen LogP contribution is -1.99. The third-order valence-electron chi connectivity index (χ3n) is 9.23. The third-order valence-corrected chi connectivity index (χ3v) is 11.5. The molecule has 0 fully saturated rings. The summed E-state index contributed by atoms with van der Waals surface area (Å²) in [4.78, 5) is 13.6. The van der Waals surface area contributed by atoms with Crippen LogP contribution in [0, 0.1) is 0 Å². The fraction of sp³-hybridized carbons (Fsp3) is 0. The number of rotatable bonds is 4. The van der Waals surface area contributed by atoms with Gasteiger partial charge in [-0.15, -0.1) is 22.7 Å². The molecule has 6 heteroatoms. The maximum atomic E-state index is 8.66. The zero-order chi connectivity index (χ0) is 42.2. The summed E-state index contributed by atoms with van der Waals surface area (Å²) in [5.74, 6) is -0.580. The molecule has 238 valence electrons. The maximum absolute atomic E-state index is 8.66. The molecule has 0 aliphatic heterocycles. The van der Waals surface area contributed by atoms with E-state index in [-0.39, 0.29) is 28.6 Å². The Morgan fingerprint density at radius 3 is 1.82 bits per heavy atom. The molecule has 0 aliphatic rings. The van der Waals surface area contributed by atoms with Crippen molar-refractivity contribution in [1.82, 2.24) is 19.5 Å². The Balaban J connectivity index is 1.11. The molecule has 11 aromatic rings. The molecule has 0 N–H and O–H groups in total. The van der Waals surface area contributed by atoms with Gasteiger partial charge >= 0.3 is 0 Å². The highest BCUT2D eigenvalue weighted by molar-refractivity contribution is 7.26. The van der Waals surface area contributed by atoms with E-state index in [1.165, 1.54) is 30.9 Å². The molecule has 0 aliphatic carbocycles. The number of hydrogen-bond donors (Lipinski definition) is 0. The summed E-state index contributed by atoms with van der Waals surface area (Å²) in [6.07, 6.45) is 0. The molecule has 4 nitrogen and oxygen atoms in total. The van der Waals surface area contributed by atoms with E-state index in [0.29, 0.717) is 5.56 Å². The van der Waals surface area contributed by atoms with Crippen LogP contribution in [0.3, 0.4) is 0 Å². The summed E-state index contributed by atoms with van der Waals surface area (Å²) < 4.78 is 90.8. The Bertz CT molecular complexity index is 3600. The molecule has 11 rings (SSSR count). The molecule has 0 saturated carbocycles. The van der Waals surface area contributed by atoms with E-state index >= 15 is 0 Å². The van der Waals surface area contributed by atoms with Gasteiger partial charge in [0.05, 0.1) is 24.7 Å². The van der Waals surface area contributed by atoms with Crippen LogP contribution in [0.4, 0.5) is 0 Å². The predicted molar refractivity (Wildman–Crippen MR) is 216 cm³/mol. The lowest BCUT2D eigenvalue weighted by atomic mass is 10.1. The fourth-order valence-corrected chi connectivity index (χ4v) is 9.29. The van der Waals surface area contributed by atoms with Crippen LogP contribution >= 0.6 is 22.7 Å². The molecule has 0 saturated heterocycles. The molecule has 0 spiro atoms. The van der Waals surface area contributed by atoms with Crippen LogP contribution in [0.15, 0.2) is 157 Å². The maximum Gasteiger partial charge on any atom is 0.164 e. The van der Waals surface area contributed by atoms with E-state index in [1.54, 1.807) is 22.7 Å². The number of fused-ring (bicyclic) bond motifs is 10. The predicted octanol–water partition coefficient (Wildman–Crippen LogP) is 12.7. The van der Waals surface area contributed by atoms with Crippen molar-refractivity contribution in [2.45, 2.75) is 0 Å². The van der Waals surface area contributed by atoms with Crippen LogP contribution in [0.1, 0.15) is 13.7 Å². The Hall–Kier alpha value is -6.21. The standard InChI is InChI=1S/C45H26N4S2/c1-3-11-27(12-4-1)43-46-44(28-13-5-2-6-14-28)48-45(47-43)29-19-21-31-34-26-30(20-23-38(34)51-40(31)25-29)49-35-17-9-7-15-32(35)41-36(49)22-24-39-42(41)33-16-8-10-18-37(33)50-39/h1-26H/i1D,2D,3D,4D,5D,6D,11D,12D,13D,14D. The number of hydrogen-bond acceptors (Lipinski definition) is 5. The summed E-state index contributed by atoms with van der Waals surface area (Å²) in [6, 6.07) is 27.8. The van der Waals surface area contributed by atoms with Gasteiger partial charge in [-0.25, -0.2) is 15.0 Å². The van der Waals surface area contributed by atoms with Crippen molar-refractivity contribution in [3.63, 3.8) is 0 Å². The molecule has 51 heavy (non-hydrogen) atoms. The lowest BCUT2D eigenvalue weighted by molar-refractivity contribution is 1.07. The number of thiophene rings is 2. The first-order chi connectivity index (χ1) is 29.4. The van der Waals surface area contributed by atoms with E-state index in [9.17, 15) is 0 Å². The second kappa shape index (κ2) is 11.2. The van der Waals surface area contributed by atoms with E-state index in [2.05, 4.69) is 98.4 Å². The third kappa shape index (κ3) is 4.47. The van der Waals surface area contributed by atoms with Gasteiger partial charge in [-0.3, -0.25) is 0 Å². The first-order valence-electron chi connectivity index (χ1n) is 21.1. The molecule has 4 aromatic heterocycles. The molecule has 0 amide bonds. The number of benzene rings is 7. The van der Waals surface area contributed by atoms with Crippen molar-refractivity contribution >= 4 is 84.8 Å². The van der Waals surface area contributed by atoms with Gasteiger partial charge < -0.3 is 4.57 Å². The molecule has 0 atom stereocenters. The van der Waals surface area contributed by atoms with Gasteiger partial charge in [0.25, 0.3) is 0 Å². The van der Waals surface area contributed by atoms with Crippen LogP contribution in [-0.4, -0.2) is 19.5 Å². The Morgan fingerprint density at radius 1 is 0.431 bits per heavy atom. The fourth-order valence-electron chi connectivity index (χ4n) is 7.05. The van der Waals surface area contributed by atoms with Gasteiger partial charge in [0.2, 0.25) is 0 Å². The minimum Gasteiger partial charge on any atom is -0.309 e. The average molecular weight is 697 g/mol. The van der Waals surface area contributed by atoms with Crippen LogP contribution in [-0.2, 0) is 0 Å². The van der Waals surface area contributed by atoms with Crippen molar-refractivity contribution in [3.05, 3.63) is 157 Å². The van der Waals surface area contributed by atoms with Gasteiger partial charge in [-0.05, 0) is 48.5 Å². The molecule has 0 unspecified atom stereocenters. The second-order valence-electron chi connectivity index (χ2n) is 12.1. The largest absolute Gasteiger partial charge is 0.309 e. The smallest absolute Gasteiger partial charge is 0.164 e. The molecule has 4 heterocycles. The van der Waals surface area contributed by atoms with Crippen molar-refractivity contribution < 1.29 is 13.7 Å². The highest BCUT2D eigenvalue weighted by Crippen LogP contribution is 2.44. The molecule has 0 bridgehead atoms. The van der Waals surface area contributed by atoms with Crippen LogP contribution < -0.4 is 0 Å². The quantitative estimate of drug-likeness (QED) is 0.184. The molecule has 7 aromatic carbocycles. The van der Waals surface area contributed by atoms with Crippen LogP contribution in [0.5, 0.6) is 0 Å². The van der Waals surface area contributed by atoms with E-state index in [4.69, 9.17) is 13.7 Å². The number of para-hydroxylation sites is 1. The highest BCUT2D eigenvalue weighted by atomic mass is 32.1. The Morgan fingerprint density at radius 2 is 1.06 bits per heavy atom. The van der Waals surface area contributed by atoms with Gasteiger partial charge in [0.15, 0.2) is 17.5 Å². The first kappa shape index (κ1) is 20.5. The minimum atomic E-state index is -0.595. The Labute approximate surface area is 314 Å². The van der Waals surface area contributed by atoms with Crippen molar-refractivity contribution in [1.29, 1.82) is 0 Å². The lowest BCUT2D eigenvalue weighted by Gasteiger charge is -2.09. The topological polar surface area (TPSA) is 43.6 Å². The zero-order valence-electron chi connectivity index (χ0n) is 36.3. The number of aromatic nitrogens is 4. The highest BCUT2D eigenvalue weighted by Gasteiger charge is 2.19. The first-order valence-corrected chi connectivity index (χ1v) is 17.8. The van der Waals surface area contributed by atoms with E-state index < -0.39 is 60.4 Å². The van der Waals surface area contributed by atoms with Crippen LogP contribution in [0.25, 0.3) is 102 Å². The van der Waals surface area contributed by atoms with Crippen molar-refractivity contribution in [3.8, 4) is 39.9 Å². The molecule has 0 radical (unpaired) electrons. The minimum absolute atomic E-state index is 0.0243. The van der Waals surface area contributed by atoms with Crippen molar-refractivity contribution in [2.24, 2.45) is 0 Å². The summed E-state index contributed by atoms with van der Waals surface area (Å²) >= 11 is 3.37. The second-order valence-corrected chi connectivity index (χ2v) is 14.3. The van der Waals surface area contributed by atoms with Gasteiger partial charge in [0, 0.05) is 73.5 Å². The molecular weight excluding hydrogens is 661 g/mol. The van der Waals surface area contributed by atoms with Gasteiger partial charge in [-0.2, -0.15) is 0 Å². The normalized spacial score (nSPS) is 14.7. The van der Waals surface area contributed by atoms with E-state index in [0.717, 1.165) is 36.9 Å². The molecular formula is C45H26N4S2. The van der Waals surface area contributed by atoms with Crippen LogP contribution in [0.2, 0.25) is 0 Å². The monoisotopic (exact) mass is 696 g/mol. The zero-order valence-corrected chi connectivity index (χ0v) is 28.0. The summed E-state index contributed by atoms with van der Waals surface area (Å²) in [6.45, 7) is 0. The van der Waals surface area contributed by atoms with Crippen molar-refractivity contribution in [2.75, 3.05) is 0 Å². The average Bonchev–Trinajstić information content (AvgIpc) is 3.95. The Kier molecular flexibility index (Phi) is 4.47. The van der Waals surface area contributed by atoms with Gasteiger partial charge in [-0.1, -0.05) is 109 Å². The SMILES string of the molecule is [2H]c1c([2H])c([2H])c(-c2nc(-c3ccc4c(c3)sc3ccc(-n5c6ccccc6c6c7c(ccc65)sc5ccccc57)cc34)nc(-c3c([2H])c([2H])c([2H])c([2H])c3[2H])n2)c([2H])c1[2H]. The van der Waals surface area contributed by atoms with E-state index in [1.807, 2.05) is 18.2 Å². The van der Waals surface area contributed by atoms with Gasteiger partial charge in [0.1, 0.15) is 0 Å². The summed E-state index contributed by atoms with van der Waals surface area (Å²) in [5.41, 5.74) is 3.08. The number of nitrogens with zero attached hydrogens (tertiary/aromatic N) is 4. The summed E-state index contributed by atoms with van der Waals surface area (Å²) in [5, 5.41) is 6.90.